The number of amidine groups is 1. The quantitative estimate of drug-likeness (QED) is 0.448. The summed E-state index contributed by atoms with van der Waals surface area (Å²) >= 11 is 0. The van der Waals surface area contributed by atoms with Gasteiger partial charge in [0.2, 0.25) is 0 Å². The van der Waals surface area contributed by atoms with Crippen molar-refractivity contribution in [2.75, 3.05) is 32.7 Å². The first-order chi connectivity index (χ1) is 14.4. The second kappa shape index (κ2) is 15.5. The minimum atomic E-state index is 0.906. The van der Waals surface area contributed by atoms with Gasteiger partial charge in [0.25, 0.3) is 5.84 Å². The highest BCUT2D eigenvalue weighted by molar-refractivity contribution is 5.78. The van der Waals surface area contributed by atoms with E-state index in [1.165, 1.54) is 102 Å². The molecular formula is C26H46N3+. The number of allylic oxidation sites excluding steroid dienone is 2. The van der Waals surface area contributed by atoms with E-state index >= 15 is 0 Å². The van der Waals surface area contributed by atoms with Crippen molar-refractivity contribution in [3.05, 3.63) is 37.1 Å². The Bertz CT molecular complexity index is 522. The molecule has 0 saturated heterocycles. The number of nitrogens with zero attached hydrogens (tertiary/aromatic N) is 2. The van der Waals surface area contributed by atoms with Gasteiger partial charge in [-0.3, -0.25) is 4.90 Å². The van der Waals surface area contributed by atoms with E-state index in [4.69, 9.17) is 0 Å². The lowest BCUT2D eigenvalue weighted by Gasteiger charge is -2.23. The highest BCUT2D eigenvalue weighted by atomic mass is 15.2. The molecule has 3 nitrogen and oxygen atoms in total. The number of hydrogen-bond acceptors (Lipinski definition) is 2. The zero-order valence-corrected chi connectivity index (χ0v) is 19.0. The molecule has 1 aliphatic heterocycles. The van der Waals surface area contributed by atoms with Gasteiger partial charge in [-0.05, 0) is 57.7 Å². The molecule has 1 aliphatic carbocycles. The normalized spacial score (nSPS) is 25.6. The van der Waals surface area contributed by atoms with Crippen molar-refractivity contribution < 1.29 is 4.58 Å². The molecule has 0 bridgehead atoms. The third-order valence-electron chi connectivity index (χ3n) is 6.23. The SMILES string of the molecule is C=CCN(CC=C)/C1=[N+](\C2=C/CCCCCCCCC2)CCCNCCCCC1. The van der Waals surface area contributed by atoms with Crippen molar-refractivity contribution in [2.45, 2.75) is 89.9 Å². The summed E-state index contributed by atoms with van der Waals surface area (Å²) in [5, 5.41) is 3.65. The lowest BCUT2D eigenvalue weighted by molar-refractivity contribution is -0.487. The maximum absolute atomic E-state index is 4.03. The summed E-state index contributed by atoms with van der Waals surface area (Å²) in [4.78, 5) is 2.51. The molecule has 0 spiro atoms. The fourth-order valence-corrected chi connectivity index (χ4v) is 4.65. The van der Waals surface area contributed by atoms with E-state index in [2.05, 4.69) is 34.0 Å². The van der Waals surface area contributed by atoms with Crippen molar-refractivity contribution in [3.63, 3.8) is 0 Å². The standard InChI is InChI=1S/C26H46N3/c1-3-22-28(23-4-2)26-19-14-11-15-20-27-21-16-24-29(26)25-17-12-9-7-5-6-8-10-13-18-25/h3-4,17,27H,1-2,5-16,18-24H2/q+1/b25-17-. The monoisotopic (exact) mass is 400 g/mol. The zero-order valence-electron chi connectivity index (χ0n) is 19.0. The van der Waals surface area contributed by atoms with Crippen molar-refractivity contribution in [2.24, 2.45) is 0 Å². The first-order valence-corrected chi connectivity index (χ1v) is 12.4. The number of hydrogen-bond donors (Lipinski definition) is 1. The molecule has 0 aromatic rings. The predicted octanol–water partition coefficient (Wildman–Crippen LogP) is 6.03. The summed E-state index contributed by atoms with van der Waals surface area (Å²) in [6, 6.07) is 0. The van der Waals surface area contributed by atoms with Crippen molar-refractivity contribution >= 4 is 5.84 Å². The van der Waals surface area contributed by atoms with Crippen LogP contribution in [0.1, 0.15) is 89.9 Å². The van der Waals surface area contributed by atoms with Gasteiger partial charge in [-0.2, -0.15) is 0 Å². The zero-order chi connectivity index (χ0) is 20.6. The van der Waals surface area contributed by atoms with Crippen LogP contribution in [0.5, 0.6) is 0 Å². The Morgan fingerprint density at radius 2 is 1.41 bits per heavy atom. The summed E-state index contributed by atoms with van der Waals surface area (Å²) < 4.78 is 2.71. The Kier molecular flexibility index (Phi) is 12.8. The van der Waals surface area contributed by atoms with Crippen molar-refractivity contribution in [1.29, 1.82) is 0 Å². The average molecular weight is 401 g/mol. The molecule has 29 heavy (non-hydrogen) atoms. The molecular weight excluding hydrogens is 354 g/mol. The van der Waals surface area contributed by atoms with Gasteiger partial charge in [0.15, 0.2) is 0 Å². The molecule has 2 rings (SSSR count). The van der Waals surface area contributed by atoms with E-state index in [0.29, 0.717) is 0 Å². The van der Waals surface area contributed by atoms with Crippen LogP contribution in [-0.4, -0.2) is 48.0 Å². The average Bonchev–Trinajstić information content (AvgIpc) is 2.82. The van der Waals surface area contributed by atoms with Crippen LogP contribution in [0.3, 0.4) is 0 Å². The van der Waals surface area contributed by atoms with Crippen LogP contribution < -0.4 is 5.32 Å². The van der Waals surface area contributed by atoms with Gasteiger partial charge < -0.3 is 5.32 Å². The Morgan fingerprint density at radius 3 is 2.17 bits per heavy atom. The van der Waals surface area contributed by atoms with E-state index in [9.17, 15) is 0 Å². The Morgan fingerprint density at radius 1 is 0.793 bits per heavy atom. The Balaban J connectivity index is 2.36. The number of nitrogens with one attached hydrogen (secondary N) is 1. The molecule has 0 radical (unpaired) electrons. The highest BCUT2D eigenvalue weighted by Gasteiger charge is 2.23. The summed E-state index contributed by atoms with van der Waals surface area (Å²) in [6.07, 6.45) is 25.1. The first kappa shape index (κ1) is 23.9. The third kappa shape index (κ3) is 9.33. The van der Waals surface area contributed by atoms with Crippen molar-refractivity contribution in [3.8, 4) is 0 Å². The molecule has 2 aliphatic rings. The smallest absolute Gasteiger partial charge is 0.252 e. The van der Waals surface area contributed by atoms with Crippen LogP contribution in [-0.2, 0) is 0 Å². The van der Waals surface area contributed by atoms with E-state index in [0.717, 1.165) is 26.2 Å². The van der Waals surface area contributed by atoms with E-state index in [1.807, 2.05) is 12.2 Å². The van der Waals surface area contributed by atoms with E-state index in [1.54, 1.807) is 5.70 Å². The Hall–Kier alpha value is -1.35. The van der Waals surface area contributed by atoms with E-state index in [-0.39, 0.29) is 0 Å². The molecule has 0 atom stereocenters. The van der Waals surface area contributed by atoms with Crippen LogP contribution in [0, 0.1) is 0 Å². The fraction of sp³-hybridized carbons (Fsp3) is 0.731. The second-order valence-corrected chi connectivity index (χ2v) is 8.67. The molecule has 1 N–H and O–H groups in total. The lowest BCUT2D eigenvalue weighted by atomic mass is 10.1. The van der Waals surface area contributed by atoms with E-state index < -0.39 is 0 Å². The van der Waals surface area contributed by atoms with Gasteiger partial charge in [0, 0.05) is 12.8 Å². The largest absolute Gasteiger partial charge is 0.317 e. The minimum absolute atomic E-state index is 0.906. The summed E-state index contributed by atoms with van der Waals surface area (Å²) in [6.45, 7) is 13.3. The highest BCUT2D eigenvalue weighted by Crippen LogP contribution is 2.20. The molecule has 164 valence electrons. The van der Waals surface area contributed by atoms with Crippen LogP contribution in [0.2, 0.25) is 0 Å². The first-order valence-electron chi connectivity index (χ1n) is 12.4. The second-order valence-electron chi connectivity index (χ2n) is 8.67. The molecule has 0 fully saturated rings. The molecule has 0 unspecified atom stereocenters. The molecule has 0 aromatic heterocycles. The molecule has 0 aromatic carbocycles. The van der Waals surface area contributed by atoms with Gasteiger partial charge in [-0.15, -0.1) is 0 Å². The maximum Gasteiger partial charge on any atom is 0.252 e. The van der Waals surface area contributed by atoms with Crippen LogP contribution >= 0.6 is 0 Å². The van der Waals surface area contributed by atoms with Gasteiger partial charge in [-0.1, -0.05) is 63.8 Å². The fourth-order valence-electron chi connectivity index (χ4n) is 4.65. The molecule has 0 saturated carbocycles. The lowest BCUT2D eigenvalue weighted by Crippen LogP contribution is -2.39. The van der Waals surface area contributed by atoms with Crippen LogP contribution in [0.15, 0.2) is 37.1 Å². The van der Waals surface area contributed by atoms with Gasteiger partial charge in [0.05, 0.1) is 12.2 Å². The Labute approximate surface area is 180 Å². The van der Waals surface area contributed by atoms with Crippen LogP contribution in [0.4, 0.5) is 0 Å². The predicted molar refractivity (Wildman–Crippen MR) is 128 cm³/mol. The van der Waals surface area contributed by atoms with Gasteiger partial charge in [0.1, 0.15) is 13.1 Å². The van der Waals surface area contributed by atoms with Gasteiger partial charge >= 0.3 is 0 Å². The number of rotatable bonds is 5. The molecule has 1 heterocycles. The van der Waals surface area contributed by atoms with Crippen LogP contribution in [0.25, 0.3) is 0 Å². The summed E-state index contributed by atoms with van der Waals surface area (Å²) in [5.74, 6) is 1.51. The maximum atomic E-state index is 4.03. The minimum Gasteiger partial charge on any atom is -0.317 e. The molecule has 0 amide bonds. The summed E-state index contributed by atoms with van der Waals surface area (Å²) in [5.41, 5.74) is 1.58. The molecule has 3 heteroatoms. The van der Waals surface area contributed by atoms with Gasteiger partial charge in [-0.25, -0.2) is 4.58 Å². The topological polar surface area (TPSA) is 18.3 Å². The third-order valence-corrected chi connectivity index (χ3v) is 6.23. The summed E-state index contributed by atoms with van der Waals surface area (Å²) in [7, 11) is 0. The van der Waals surface area contributed by atoms with Crippen molar-refractivity contribution in [1.82, 2.24) is 10.2 Å².